The van der Waals surface area contributed by atoms with Crippen LogP contribution in [0.5, 0.6) is 0 Å². The number of sulfonamides is 1. The molecule has 25 heteroatoms. The SMILES string of the molecule is CN[C@H](C(=O)N[C@H](C(O)N(C)[C@H](/C=C(\C)C(=O)NS(=O)(=O)c1ccc(NC(=O)[C@H](CCCNC(N)=O)NC(=O)[C@@H](NC(=O)CCOCCOCCOCCN2C(=O)C=CC2=O)C(C)C)cc1)C(C)C)C(C)(C)C)C(C)(C)c1ccccc1. The molecule has 456 valence electrons. The summed E-state index contributed by atoms with van der Waals surface area (Å²) in [6, 6.07) is 9.47. The van der Waals surface area contributed by atoms with E-state index in [0.29, 0.717) is 0 Å². The number of aliphatic hydroxyl groups is 1. The number of amides is 9. The largest absolute Gasteiger partial charge is 0.379 e. The molecule has 0 spiro atoms. The predicted molar refractivity (Wildman–Crippen MR) is 309 cm³/mol. The molecule has 2 aromatic rings. The molecule has 1 heterocycles. The molecule has 1 aliphatic heterocycles. The summed E-state index contributed by atoms with van der Waals surface area (Å²) in [6.45, 7) is 19.5. The molecule has 9 amide bonds. The molecule has 2 aromatic carbocycles. The van der Waals surface area contributed by atoms with Gasteiger partial charge in [0.25, 0.3) is 27.7 Å². The van der Waals surface area contributed by atoms with Crippen molar-refractivity contribution in [1.82, 2.24) is 41.1 Å². The van der Waals surface area contributed by atoms with E-state index in [9.17, 15) is 51.9 Å². The lowest BCUT2D eigenvalue weighted by Gasteiger charge is -2.43. The Kier molecular flexibility index (Phi) is 27.9. The summed E-state index contributed by atoms with van der Waals surface area (Å²) in [5.41, 5.74) is 5.06. The van der Waals surface area contributed by atoms with Crippen molar-refractivity contribution >= 4 is 63.1 Å². The van der Waals surface area contributed by atoms with Gasteiger partial charge in [0.15, 0.2) is 0 Å². The number of urea groups is 1. The van der Waals surface area contributed by atoms with E-state index in [1.165, 1.54) is 43.3 Å². The number of nitrogens with zero attached hydrogens (tertiary/aromatic N) is 2. The Labute approximate surface area is 482 Å². The normalized spacial score (nSPS) is 15.4. The van der Waals surface area contributed by atoms with Gasteiger partial charge in [0.2, 0.25) is 23.6 Å². The highest BCUT2D eigenvalue weighted by atomic mass is 32.2. The molecule has 1 unspecified atom stereocenters. The highest BCUT2D eigenvalue weighted by Gasteiger charge is 2.42. The van der Waals surface area contributed by atoms with Gasteiger partial charge >= 0.3 is 6.03 Å². The molecule has 24 nitrogen and oxygen atoms in total. The zero-order valence-corrected chi connectivity index (χ0v) is 50.3. The summed E-state index contributed by atoms with van der Waals surface area (Å²) in [5, 5.41) is 28.7. The summed E-state index contributed by atoms with van der Waals surface area (Å²) in [6.07, 6.45) is 2.85. The fourth-order valence-corrected chi connectivity index (χ4v) is 9.92. The van der Waals surface area contributed by atoms with Gasteiger partial charge in [-0.15, -0.1) is 0 Å². The van der Waals surface area contributed by atoms with Crippen LogP contribution in [0.3, 0.4) is 0 Å². The van der Waals surface area contributed by atoms with Crippen LogP contribution in [0.2, 0.25) is 0 Å². The molecule has 0 aliphatic carbocycles. The lowest BCUT2D eigenvalue weighted by molar-refractivity contribution is -0.138. The third-order valence-corrected chi connectivity index (χ3v) is 15.1. The fraction of sp³-hybridized carbons (Fsp3) is 0.579. The molecule has 0 saturated heterocycles. The van der Waals surface area contributed by atoms with Gasteiger partial charge in [0, 0.05) is 47.8 Å². The average molecular weight is 1170 g/mol. The lowest BCUT2D eigenvalue weighted by Crippen LogP contribution is -2.63. The first-order valence-electron chi connectivity index (χ1n) is 27.4. The van der Waals surface area contributed by atoms with Crippen LogP contribution >= 0.6 is 0 Å². The summed E-state index contributed by atoms with van der Waals surface area (Å²) < 4.78 is 45.6. The minimum absolute atomic E-state index is 0.0176. The molecule has 1 aliphatic rings. The van der Waals surface area contributed by atoms with Gasteiger partial charge in [-0.3, -0.25) is 43.4 Å². The molecule has 0 saturated carbocycles. The van der Waals surface area contributed by atoms with Gasteiger partial charge in [0.1, 0.15) is 18.3 Å². The van der Waals surface area contributed by atoms with E-state index in [2.05, 4.69) is 36.6 Å². The maximum Gasteiger partial charge on any atom is 0.312 e. The Hall–Kier alpha value is -6.61. The smallest absolute Gasteiger partial charge is 0.312 e. The lowest BCUT2D eigenvalue weighted by atomic mass is 9.76. The first kappa shape index (κ1) is 69.7. The number of hydrogen-bond acceptors (Lipinski definition) is 16. The first-order valence-corrected chi connectivity index (χ1v) is 28.9. The standard InChI is InChI=1S/C57H88N10O14S/c1-36(2)43(66(12)54(75)49(56(6,7)8)64-53(74)48(59-11)57(9,10)39-17-14-13-15-18-39)35-38(5)50(71)65-82(77,78)41-22-20-40(21-23-41)61-51(72)42(19-16-27-60-55(58)76)62-52(73)47(37(3)4)63-44(68)26-29-79-31-33-81-34-32-80-30-28-67-45(69)24-25-46(67)70/h13-15,17-18,20-25,35-37,42-43,47-49,54,59,75H,16,19,26-34H2,1-12H3,(H,61,72)(H,62,73)(H,63,68)(H,64,74)(H,65,71)(H3,58,60,76)/b38-35+/t42-,43+,47-,48+,49+,54?/m0/s1. The Morgan fingerprint density at radius 3 is 1.88 bits per heavy atom. The summed E-state index contributed by atoms with van der Waals surface area (Å²) in [4.78, 5) is 105. The monoisotopic (exact) mass is 1170 g/mol. The van der Waals surface area contributed by atoms with Crippen LogP contribution in [0.4, 0.5) is 10.5 Å². The third kappa shape index (κ3) is 21.9. The fourth-order valence-electron chi connectivity index (χ4n) is 8.90. The second-order valence-electron chi connectivity index (χ2n) is 22.3. The van der Waals surface area contributed by atoms with Crippen LogP contribution in [0, 0.1) is 17.3 Å². The van der Waals surface area contributed by atoms with Gasteiger partial charge in [-0.2, -0.15) is 0 Å². The second-order valence-corrected chi connectivity index (χ2v) is 24.0. The summed E-state index contributed by atoms with van der Waals surface area (Å²) in [7, 11) is -1.10. The van der Waals surface area contributed by atoms with E-state index < -0.39 is 92.9 Å². The topological polar surface area (TPSA) is 335 Å². The number of aliphatic hydroxyl groups excluding tert-OH is 1. The molecule has 10 N–H and O–H groups in total. The maximum atomic E-state index is 14.0. The molecule has 3 rings (SSSR count). The summed E-state index contributed by atoms with van der Waals surface area (Å²) in [5.74, 6) is -4.48. The highest BCUT2D eigenvalue weighted by molar-refractivity contribution is 7.90. The van der Waals surface area contributed by atoms with Crippen molar-refractivity contribution in [3.05, 3.63) is 84.0 Å². The quantitative estimate of drug-likeness (QED) is 0.0207. The average Bonchev–Trinajstić information content (AvgIpc) is 3.76. The van der Waals surface area contributed by atoms with Crippen LogP contribution in [0.1, 0.15) is 94.1 Å². The number of primary amides is 1. The van der Waals surface area contributed by atoms with Crippen molar-refractivity contribution in [3.63, 3.8) is 0 Å². The first-order chi connectivity index (χ1) is 38.4. The second kappa shape index (κ2) is 32.9. The molecule has 6 atom stereocenters. The Bertz CT molecular complexity index is 2620. The number of benzene rings is 2. The minimum atomic E-state index is -4.47. The van der Waals surface area contributed by atoms with Gasteiger partial charge in [-0.1, -0.05) is 98.7 Å². The number of likely N-dealkylation sites (N-methyl/N-ethyl adjacent to an activating group) is 2. The Morgan fingerprint density at radius 2 is 1.34 bits per heavy atom. The van der Waals surface area contributed by atoms with Crippen molar-refractivity contribution in [2.24, 2.45) is 23.0 Å². The summed E-state index contributed by atoms with van der Waals surface area (Å²) >= 11 is 0. The Morgan fingerprint density at radius 1 is 0.768 bits per heavy atom. The number of anilines is 1. The zero-order valence-electron chi connectivity index (χ0n) is 49.5. The van der Waals surface area contributed by atoms with Crippen LogP contribution in [0.15, 0.2) is 83.3 Å². The van der Waals surface area contributed by atoms with E-state index in [1.807, 2.05) is 78.8 Å². The number of nitrogens with two attached hydrogens (primary N) is 1. The van der Waals surface area contributed by atoms with Crippen LogP contribution in [-0.2, 0) is 63.2 Å². The van der Waals surface area contributed by atoms with Crippen LogP contribution in [0.25, 0.3) is 0 Å². The molecule has 0 fully saturated rings. The number of rotatable bonds is 35. The predicted octanol–water partition coefficient (Wildman–Crippen LogP) is 2.19. The molecule has 82 heavy (non-hydrogen) atoms. The molecule has 0 aromatic heterocycles. The van der Waals surface area contributed by atoms with E-state index >= 15 is 0 Å². The van der Waals surface area contributed by atoms with E-state index in [0.717, 1.165) is 10.5 Å². The van der Waals surface area contributed by atoms with Crippen molar-refractivity contribution in [2.45, 2.75) is 135 Å². The van der Waals surface area contributed by atoms with Gasteiger partial charge in [0.05, 0.1) is 63.2 Å². The highest BCUT2D eigenvalue weighted by Crippen LogP contribution is 2.30. The molecule has 0 radical (unpaired) electrons. The van der Waals surface area contributed by atoms with Gasteiger partial charge in [-0.05, 0) is 80.9 Å². The number of carbonyl (C=O) groups excluding carboxylic acids is 8. The number of nitrogens with one attached hydrogen (secondary N) is 7. The van der Waals surface area contributed by atoms with E-state index in [1.54, 1.807) is 38.9 Å². The van der Waals surface area contributed by atoms with Crippen LogP contribution < -0.4 is 42.4 Å². The molecule has 0 bridgehead atoms. The number of carbonyl (C=O) groups is 8. The number of imide groups is 1. The van der Waals surface area contributed by atoms with E-state index in [4.69, 9.17) is 19.9 Å². The van der Waals surface area contributed by atoms with Crippen LogP contribution in [-0.4, -0.2) is 174 Å². The minimum Gasteiger partial charge on any atom is -0.379 e. The molecular weight excluding hydrogens is 1080 g/mol. The third-order valence-electron chi connectivity index (χ3n) is 13.8. The maximum absolute atomic E-state index is 14.0. The van der Waals surface area contributed by atoms with Crippen molar-refractivity contribution in [1.29, 1.82) is 0 Å². The van der Waals surface area contributed by atoms with Gasteiger partial charge < -0.3 is 57.0 Å². The number of hydrogen-bond donors (Lipinski definition) is 9. The molecular formula is C57H88N10O14S. The number of ether oxygens (including phenoxy) is 3. The van der Waals surface area contributed by atoms with Crippen molar-refractivity contribution in [2.75, 3.05) is 72.1 Å². The van der Waals surface area contributed by atoms with E-state index in [-0.39, 0.29) is 112 Å². The van der Waals surface area contributed by atoms with Crippen molar-refractivity contribution < 1.29 is 66.1 Å². The van der Waals surface area contributed by atoms with Crippen molar-refractivity contribution in [3.8, 4) is 0 Å². The zero-order chi connectivity index (χ0) is 61.5. The Balaban J connectivity index is 1.62. The van der Waals surface area contributed by atoms with Gasteiger partial charge in [-0.25, -0.2) is 17.9 Å².